The molecule has 90 valence electrons. The minimum Gasteiger partial charge on any atom is -0.436 e. The predicted molar refractivity (Wildman–Crippen MR) is 77.1 cm³/mol. The van der Waals surface area contributed by atoms with Gasteiger partial charge in [0.15, 0.2) is 5.58 Å². The van der Waals surface area contributed by atoms with E-state index in [0.717, 1.165) is 22.0 Å². The van der Waals surface area contributed by atoms with Gasteiger partial charge in [0, 0.05) is 15.9 Å². The van der Waals surface area contributed by atoms with Crippen molar-refractivity contribution in [3.8, 4) is 11.5 Å². The van der Waals surface area contributed by atoms with Gasteiger partial charge in [-0.25, -0.2) is 4.98 Å². The minimum absolute atomic E-state index is 0.619. The first-order chi connectivity index (χ1) is 8.76. The maximum atomic E-state index is 5.93. The normalized spacial score (nSPS) is 11.0. The van der Waals surface area contributed by atoms with Crippen LogP contribution in [0.5, 0.6) is 0 Å². The second-order valence-corrected chi connectivity index (χ2v) is 4.96. The lowest BCUT2D eigenvalue weighted by molar-refractivity contribution is 0.620. The van der Waals surface area contributed by atoms with E-state index in [1.165, 1.54) is 5.56 Å². The lowest BCUT2D eigenvalue weighted by Crippen LogP contribution is -1.79. The molecule has 3 rings (SSSR count). The SMILES string of the molecule is Clc1ccc2oc(-c3ccc(CBr)cc3)nc2c1. The Morgan fingerprint density at radius 1 is 1.11 bits per heavy atom. The van der Waals surface area contributed by atoms with E-state index in [1.54, 1.807) is 12.1 Å². The number of nitrogens with zero attached hydrogens (tertiary/aromatic N) is 1. The number of alkyl halides is 1. The Labute approximate surface area is 118 Å². The summed E-state index contributed by atoms with van der Waals surface area (Å²) in [6, 6.07) is 13.5. The molecule has 1 aromatic heterocycles. The van der Waals surface area contributed by atoms with Crippen LogP contribution in [0.4, 0.5) is 0 Å². The summed E-state index contributed by atoms with van der Waals surface area (Å²) in [6.07, 6.45) is 0. The molecule has 0 atom stereocenters. The first-order valence-corrected chi connectivity index (χ1v) is 6.97. The first-order valence-electron chi connectivity index (χ1n) is 5.47. The standard InChI is InChI=1S/C14H9BrClNO/c15-8-9-1-3-10(4-2-9)14-17-12-7-11(16)5-6-13(12)18-14/h1-7H,8H2. The predicted octanol–water partition coefficient (Wildman–Crippen LogP) is 5.04. The van der Waals surface area contributed by atoms with Crippen molar-refractivity contribution in [3.63, 3.8) is 0 Å². The van der Waals surface area contributed by atoms with Crippen molar-refractivity contribution < 1.29 is 4.42 Å². The fraction of sp³-hybridized carbons (Fsp3) is 0.0714. The van der Waals surface area contributed by atoms with Crippen molar-refractivity contribution in [1.82, 2.24) is 4.98 Å². The van der Waals surface area contributed by atoms with E-state index >= 15 is 0 Å². The topological polar surface area (TPSA) is 26.0 Å². The average Bonchev–Trinajstić information content (AvgIpc) is 2.81. The molecule has 18 heavy (non-hydrogen) atoms. The Balaban J connectivity index is 2.07. The first kappa shape index (κ1) is 11.8. The van der Waals surface area contributed by atoms with Gasteiger partial charge >= 0.3 is 0 Å². The third-order valence-electron chi connectivity index (χ3n) is 2.70. The van der Waals surface area contributed by atoms with Gasteiger partial charge in [0.2, 0.25) is 5.89 Å². The second kappa shape index (κ2) is 4.75. The molecule has 0 amide bonds. The molecule has 0 bridgehead atoms. The third kappa shape index (κ3) is 2.16. The number of hydrogen-bond donors (Lipinski definition) is 0. The zero-order valence-electron chi connectivity index (χ0n) is 9.36. The van der Waals surface area contributed by atoms with E-state index in [4.69, 9.17) is 16.0 Å². The van der Waals surface area contributed by atoms with Crippen LogP contribution >= 0.6 is 27.5 Å². The highest BCUT2D eigenvalue weighted by Gasteiger charge is 2.08. The molecule has 0 unspecified atom stereocenters. The molecule has 0 aliphatic heterocycles. The van der Waals surface area contributed by atoms with E-state index in [9.17, 15) is 0 Å². The molecule has 4 heteroatoms. The molecule has 0 aliphatic carbocycles. The van der Waals surface area contributed by atoms with E-state index in [1.807, 2.05) is 30.3 Å². The zero-order valence-corrected chi connectivity index (χ0v) is 11.7. The fourth-order valence-corrected chi connectivity index (χ4v) is 2.30. The molecule has 0 aliphatic rings. The van der Waals surface area contributed by atoms with Crippen LogP contribution in [-0.2, 0) is 5.33 Å². The van der Waals surface area contributed by atoms with E-state index in [-0.39, 0.29) is 0 Å². The van der Waals surface area contributed by atoms with Gasteiger partial charge in [0.1, 0.15) is 5.52 Å². The highest BCUT2D eigenvalue weighted by Crippen LogP contribution is 2.26. The van der Waals surface area contributed by atoms with Crippen LogP contribution < -0.4 is 0 Å². The van der Waals surface area contributed by atoms with Gasteiger partial charge in [-0.15, -0.1) is 0 Å². The van der Waals surface area contributed by atoms with Gasteiger partial charge in [-0.2, -0.15) is 0 Å². The zero-order chi connectivity index (χ0) is 12.5. The fourth-order valence-electron chi connectivity index (χ4n) is 1.76. The number of hydrogen-bond acceptors (Lipinski definition) is 2. The van der Waals surface area contributed by atoms with Gasteiger partial charge < -0.3 is 4.42 Å². The summed E-state index contributed by atoms with van der Waals surface area (Å²) < 4.78 is 5.70. The third-order valence-corrected chi connectivity index (χ3v) is 3.59. The monoisotopic (exact) mass is 321 g/mol. The molecular formula is C14H9BrClNO. The van der Waals surface area contributed by atoms with Gasteiger partial charge in [-0.1, -0.05) is 39.7 Å². The number of aromatic nitrogens is 1. The molecule has 2 nitrogen and oxygen atoms in total. The summed E-state index contributed by atoms with van der Waals surface area (Å²) in [5, 5.41) is 1.51. The Bertz CT molecular complexity index is 691. The van der Waals surface area contributed by atoms with E-state index < -0.39 is 0 Å². The molecule has 0 saturated heterocycles. The molecule has 1 heterocycles. The molecule has 0 radical (unpaired) electrons. The summed E-state index contributed by atoms with van der Waals surface area (Å²) >= 11 is 9.35. The maximum absolute atomic E-state index is 5.93. The average molecular weight is 323 g/mol. The van der Waals surface area contributed by atoms with Crippen molar-refractivity contribution in [2.45, 2.75) is 5.33 Å². The van der Waals surface area contributed by atoms with Gasteiger partial charge in [0.05, 0.1) is 0 Å². The highest BCUT2D eigenvalue weighted by atomic mass is 79.9. The van der Waals surface area contributed by atoms with Crippen molar-refractivity contribution in [2.24, 2.45) is 0 Å². The molecule has 2 aromatic carbocycles. The Morgan fingerprint density at radius 2 is 1.89 bits per heavy atom. The lowest BCUT2D eigenvalue weighted by Gasteiger charge is -1.97. The summed E-state index contributed by atoms with van der Waals surface area (Å²) in [6.45, 7) is 0. The van der Waals surface area contributed by atoms with Crippen molar-refractivity contribution >= 4 is 38.6 Å². The Kier molecular flexibility index (Phi) is 3.10. The van der Waals surface area contributed by atoms with Gasteiger partial charge in [-0.3, -0.25) is 0 Å². The molecule has 0 spiro atoms. The van der Waals surface area contributed by atoms with Crippen molar-refractivity contribution in [3.05, 3.63) is 53.1 Å². The van der Waals surface area contributed by atoms with Crippen molar-refractivity contribution in [1.29, 1.82) is 0 Å². The van der Waals surface area contributed by atoms with Crippen LogP contribution in [-0.4, -0.2) is 4.98 Å². The van der Waals surface area contributed by atoms with E-state index in [0.29, 0.717) is 10.9 Å². The maximum Gasteiger partial charge on any atom is 0.227 e. The van der Waals surface area contributed by atoms with Crippen LogP contribution in [0, 0.1) is 0 Å². The summed E-state index contributed by atoms with van der Waals surface area (Å²) in [5.74, 6) is 0.619. The van der Waals surface area contributed by atoms with Crippen LogP contribution in [0.3, 0.4) is 0 Å². The van der Waals surface area contributed by atoms with Gasteiger partial charge in [-0.05, 0) is 35.9 Å². The second-order valence-electron chi connectivity index (χ2n) is 3.96. The molecule has 3 aromatic rings. The number of oxazole rings is 1. The Morgan fingerprint density at radius 3 is 2.61 bits per heavy atom. The number of halogens is 2. The highest BCUT2D eigenvalue weighted by molar-refractivity contribution is 9.08. The smallest absolute Gasteiger partial charge is 0.227 e. The number of rotatable bonds is 2. The molecule has 0 fully saturated rings. The lowest BCUT2D eigenvalue weighted by atomic mass is 10.1. The number of benzene rings is 2. The van der Waals surface area contributed by atoms with Gasteiger partial charge in [0.25, 0.3) is 0 Å². The Hall–Kier alpha value is -1.32. The van der Waals surface area contributed by atoms with Crippen LogP contribution in [0.2, 0.25) is 5.02 Å². The number of fused-ring (bicyclic) bond motifs is 1. The molecule has 0 saturated carbocycles. The quantitative estimate of drug-likeness (QED) is 0.618. The van der Waals surface area contributed by atoms with Crippen LogP contribution in [0.25, 0.3) is 22.6 Å². The molecular weight excluding hydrogens is 314 g/mol. The minimum atomic E-state index is 0.619. The molecule has 0 N–H and O–H groups in total. The van der Waals surface area contributed by atoms with Crippen LogP contribution in [0.15, 0.2) is 46.9 Å². The summed E-state index contributed by atoms with van der Waals surface area (Å²) in [5.41, 5.74) is 3.71. The summed E-state index contributed by atoms with van der Waals surface area (Å²) in [4.78, 5) is 4.44. The summed E-state index contributed by atoms with van der Waals surface area (Å²) in [7, 11) is 0. The van der Waals surface area contributed by atoms with Crippen LogP contribution in [0.1, 0.15) is 5.56 Å². The largest absolute Gasteiger partial charge is 0.436 e. The van der Waals surface area contributed by atoms with Crippen molar-refractivity contribution in [2.75, 3.05) is 0 Å². The van der Waals surface area contributed by atoms with E-state index in [2.05, 4.69) is 20.9 Å².